The first kappa shape index (κ1) is 18.9. The number of rotatable bonds is 12. The maximum absolute atomic E-state index is 10.2. The van der Waals surface area contributed by atoms with Gasteiger partial charge in [0.25, 0.3) is 0 Å². The van der Waals surface area contributed by atoms with Gasteiger partial charge in [0.2, 0.25) is 0 Å². The minimum absolute atomic E-state index is 0.174. The van der Waals surface area contributed by atoms with Crippen LogP contribution in [0.25, 0.3) is 6.08 Å². The van der Waals surface area contributed by atoms with Crippen LogP contribution in [0.5, 0.6) is 11.5 Å². The van der Waals surface area contributed by atoms with Gasteiger partial charge in [0.1, 0.15) is 17.8 Å². The fourth-order valence-corrected chi connectivity index (χ4v) is 1.77. The molecule has 0 spiro atoms. The maximum atomic E-state index is 10.2. The average molecular weight is 320 g/mol. The van der Waals surface area contributed by atoms with E-state index in [0.717, 1.165) is 24.7 Å². The normalized spacial score (nSPS) is 11.2. The monoisotopic (exact) mass is 320 g/mol. The maximum Gasteiger partial charge on any atom is 0.188 e. The van der Waals surface area contributed by atoms with Crippen molar-refractivity contribution >= 4 is 12.4 Å². The quantitative estimate of drug-likeness (QED) is 0.255. The number of carbonyl (C=O) groups excluding carboxylic acids is 1. The Morgan fingerprint density at radius 3 is 2.13 bits per heavy atom. The van der Waals surface area contributed by atoms with Gasteiger partial charge in [-0.05, 0) is 30.5 Å². The molecule has 5 heteroatoms. The molecule has 1 rings (SSSR count). The van der Waals surface area contributed by atoms with Crippen LogP contribution in [-0.4, -0.2) is 34.1 Å². The summed E-state index contributed by atoms with van der Waals surface area (Å²) in [7, 11) is 3.14. The Balaban J connectivity index is 2.68. The number of carbonyl (C=O) groups is 1. The van der Waals surface area contributed by atoms with Crippen LogP contribution in [0, 0.1) is 0 Å². The van der Waals surface area contributed by atoms with Gasteiger partial charge in [0.05, 0.1) is 0 Å². The fourth-order valence-electron chi connectivity index (χ4n) is 1.77. The standard InChI is InChI=1S/C18H24O5/c1-20-14-22-17-11-16(12-18(13-17)23-15-21-2)9-7-5-3-4-6-8-10-19/h3,5,7,9-13H,4,6,8,14-15H2,1-2H3/b5-3+,9-7+. The molecule has 0 N–H and O–H groups in total. The highest BCUT2D eigenvalue weighted by molar-refractivity contribution is 5.56. The number of hydrogen-bond donors (Lipinski definition) is 0. The first-order valence-electron chi connectivity index (χ1n) is 7.45. The number of unbranched alkanes of at least 4 members (excludes halogenated alkanes) is 2. The van der Waals surface area contributed by atoms with Crippen LogP contribution in [-0.2, 0) is 14.3 Å². The molecule has 0 aliphatic rings. The summed E-state index contributed by atoms with van der Waals surface area (Å²) < 4.78 is 20.7. The third-order valence-electron chi connectivity index (χ3n) is 2.82. The second kappa shape index (κ2) is 12.4. The van der Waals surface area contributed by atoms with Crippen LogP contribution >= 0.6 is 0 Å². The Morgan fingerprint density at radius 2 is 1.57 bits per heavy atom. The van der Waals surface area contributed by atoms with Crippen LogP contribution in [0.3, 0.4) is 0 Å². The topological polar surface area (TPSA) is 54.0 Å². The van der Waals surface area contributed by atoms with Crippen molar-refractivity contribution in [3.05, 3.63) is 42.0 Å². The Bertz CT molecular complexity index is 482. The van der Waals surface area contributed by atoms with Crippen LogP contribution in [0.1, 0.15) is 24.8 Å². The summed E-state index contributed by atoms with van der Waals surface area (Å²) in [5, 5.41) is 0. The molecule has 0 amide bonds. The number of aldehydes is 1. The molecule has 0 aliphatic heterocycles. The van der Waals surface area contributed by atoms with Crippen molar-refractivity contribution in [2.75, 3.05) is 27.8 Å². The van der Waals surface area contributed by atoms with Gasteiger partial charge >= 0.3 is 0 Å². The zero-order chi connectivity index (χ0) is 16.8. The Morgan fingerprint density at radius 1 is 0.913 bits per heavy atom. The number of ether oxygens (including phenoxy) is 4. The molecule has 0 aromatic heterocycles. The summed E-state index contributed by atoms with van der Waals surface area (Å²) in [6.45, 7) is 0.348. The highest BCUT2D eigenvalue weighted by Gasteiger charge is 2.01. The number of allylic oxidation sites excluding steroid dienone is 3. The van der Waals surface area contributed by atoms with E-state index >= 15 is 0 Å². The molecule has 1 aromatic carbocycles. The van der Waals surface area contributed by atoms with Gasteiger partial charge < -0.3 is 23.7 Å². The third-order valence-corrected chi connectivity index (χ3v) is 2.82. The highest BCUT2D eigenvalue weighted by atomic mass is 16.7. The van der Waals surface area contributed by atoms with Gasteiger partial charge in [-0.25, -0.2) is 0 Å². The second-order valence-electron chi connectivity index (χ2n) is 4.72. The summed E-state index contributed by atoms with van der Waals surface area (Å²) in [4.78, 5) is 10.2. The van der Waals surface area contributed by atoms with Gasteiger partial charge in [0, 0.05) is 26.7 Å². The first-order chi connectivity index (χ1) is 11.3. The van der Waals surface area contributed by atoms with Crippen molar-refractivity contribution in [3.63, 3.8) is 0 Å². The lowest BCUT2D eigenvalue weighted by Gasteiger charge is -2.10. The van der Waals surface area contributed by atoms with Gasteiger partial charge in [-0.2, -0.15) is 0 Å². The van der Waals surface area contributed by atoms with E-state index in [1.54, 1.807) is 20.3 Å². The molecule has 0 radical (unpaired) electrons. The summed E-state index contributed by atoms with van der Waals surface area (Å²) in [5.41, 5.74) is 0.947. The van der Waals surface area contributed by atoms with Crippen LogP contribution in [0.15, 0.2) is 36.4 Å². The minimum atomic E-state index is 0.174. The molecule has 0 aliphatic carbocycles. The lowest BCUT2D eigenvalue weighted by atomic mass is 10.1. The van der Waals surface area contributed by atoms with Crippen molar-refractivity contribution in [3.8, 4) is 11.5 Å². The lowest BCUT2D eigenvalue weighted by Crippen LogP contribution is -2.02. The predicted molar refractivity (Wildman–Crippen MR) is 89.5 cm³/mol. The summed E-state index contributed by atoms with van der Waals surface area (Å²) in [6.07, 6.45) is 11.2. The summed E-state index contributed by atoms with van der Waals surface area (Å²) in [5.74, 6) is 1.32. The summed E-state index contributed by atoms with van der Waals surface area (Å²) in [6, 6.07) is 5.58. The second-order valence-corrected chi connectivity index (χ2v) is 4.72. The lowest BCUT2D eigenvalue weighted by molar-refractivity contribution is -0.107. The molecule has 0 atom stereocenters. The van der Waals surface area contributed by atoms with E-state index in [1.165, 1.54) is 0 Å². The molecular weight excluding hydrogens is 296 g/mol. The molecule has 0 heterocycles. The largest absolute Gasteiger partial charge is 0.467 e. The van der Waals surface area contributed by atoms with Gasteiger partial charge in [0.15, 0.2) is 13.6 Å². The van der Waals surface area contributed by atoms with E-state index in [9.17, 15) is 4.79 Å². The van der Waals surface area contributed by atoms with E-state index in [2.05, 4.69) is 0 Å². The number of methoxy groups -OCH3 is 2. The molecule has 0 bridgehead atoms. The van der Waals surface area contributed by atoms with E-state index in [4.69, 9.17) is 18.9 Å². The minimum Gasteiger partial charge on any atom is -0.467 e. The zero-order valence-electron chi connectivity index (χ0n) is 13.7. The number of benzene rings is 1. The SMILES string of the molecule is COCOc1cc(/C=C/C=C/CCCC=O)cc(OCOC)c1. The van der Waals surface area contributed by atoms with Crippen molar-refractivity contribution in [2.45, 2.75) is 19.3 Å². The van der Waals surface area contributed by atoms with Gasteiger partial charge in [-0.1, -0.05) is 24.3 Å². The highest BCUT2D eigenvalue weighted by Crippen LogP contribution is 2.24. The smallest absolute Gasteiger partial charge is 0.188 e. The van der Waals surface area contributed by atoms with Crippen molar-refractivity contribution < 1.29 is 23.7 Å². The van der Waals surface area contributed by atoms with Crippen molar-refractivity contribution in [1.82, 2.24) is 0 Å². The van der Waals surface area contributed by atoms with Crippen LogP contribution in [0.2, 0.25) is 0 Å². The van der Waals surface area contributed by atoms with Crippen LogP contribution in [0.4, 0.5) is 0 Å². The molecule has 1 aromatic rings. The molecule has 0 fully saturated rings. The number of hydrogen-bond acceptors (Lipinski definition) is 5. The molecule has 126 valence electrons. The Hall–Kier alpha value is -2.11. The van der Waals surface area contributed by atoms with Crippen molar-refractivity contribution in [1.29, 1.82) is 0 Å². The van der Waals surface area contributed by atoms with Crippen LogP contribution < -0.4 is 9.47 Å². The Labute approximate surface area is 137 Å². The molecule has 23 heavy (non-hydrogen) atoms. The molecular formula is C18H24O5. The van der Waals surface area contributed by atoms with E-state index in [1.807, 2.05) is 36.4 Å². The molecule has 0 saturated carbocycles. The molecule has 0 unspecified atom stereocenters. The molecule has 0 saturated heterocycles. The molecule has 5 nitrogen and oxygen atoms in total. The van der Waals surface area contributed by atoms with E-state index in [0.29, 0.717) is 17.9 Å². The van der Waals surface area contributed by atoms with Crippen molar-refractivity contribution in [2.24, 2.45) is 0 Å². The van der Waals surface area contributed by atoms with E-state index in [-0.39, 0.29) is 13.6 Å². The third kappa shape index (κ3) is 8.80. The van der Waals surface area contributed by atoms with Gasteiger partial charge in [-0.3, -0.25) is 0 Å². The predicted octanol–water partition coefficient (Wildman–Crippen LogP) is 3.59. The zero-order valence-corrected chi connectivity index (χ0v) is 13.7. The Kier molecular flexibility index (Phi) is 10.2. The first-order valence-corrected chi connectivity index (χ1v) is 7.45. The fraction of sp³-hybridized carbons (Fsp3) is 0.389. The average Bonchev–Trinajstić information content (AvgIpc) is 2.57. The summed E-state index contributed by atoms with van der Waals surface area (Å²) >= 11 is 0. The van der Waals surface area contributed by atoms with E-state index < -0.39 is 0 Å². The van der Waals surface area contributed by atoms with Gasteiger partial charge in [-0.15, -0.1) is 0 Å².